The molecule has 4 heteroatoms. The van der Waals surface area contributed by atoms with Crippen LogP contribution in [0.4, 0.5) is 0 Å². The number of rotatable bonds is 5. The third-order valence-electron chi connectivity index (χ3n) is 3.57. The molecule has 88 valence electrons. The van der Waals surface area contributed by atoms with E-state index in [1.54, 1.807) is 11.3 Å². The standard InChI is InChI=1S/C12H17BrN2S/c1-7(12-14-6-10(13)16-12)15-11(8-2-3-8)9-4-5-9/h6-9,11,15H,2-5H2,1H3. The van der Waals surface area contributed by atoms with E-state index < -0.39 is 0 Å². The Balaban J connectivity index is 1.63. The molecule has 1 heterocycles. The Labute approximate surface area is 109 Å². The Morgan fingerprint density at radius 2 is 2.00 bits per heavy atom. The highest BCUT2D eigenvalue weighted by atomic mass is 79.9. The van der Waals surface area contributed by atoms with Crippen molar-refractivity contribution in [3.63, 3.8) is 0 Å². The van der Waals surface area contributed by atoms with Gasteiger partial charge in [-0.1, -0.05) is 0 Å². The van der Waals surface area contributed by atoms with Crippen molar-refractivity contribution < 1.29 is 0 Å². The lowest BCUT2D eigenvalue weighted by Crippen LogP contribution is -2.35. The molecule has 2 saturated carbocycles. The lowest BCUT2D eigenvalue weighted by atomic mass is 10.1. The van der Waals surface area contributed by atoms with Gasteiger partial charge in [0.2, 0.25) is 0 Å². The summed E-state index contributed by atoms with van der Waals surface area (Å²) in [4.78, 5) is 4.44. The fourth-order valence-electron chi connectivity index (χ4n) is 2.39. The lowest BCUT2D eigenvalue weighted by molar-refractivity contribution is 0.377. The molecule has 1 unspecified atom stereocenters. The van der Waals surface area contributed by atoms with E-state index in [2.05, 4.69) is 33.2 Å². The van der Waals surface area contributed by atoms with Gasteiger partial charge < -0.3 is 5.32 Å². The topological polar surface area (TPSA) is 24.9 Å². The molecule has 2 fully saturated rings. The molecule has 1 aromatic rings. The zero-order chi connectivity index (χ0) is 11.1. The SMILES string of the molecule is CC(NC(C1CC1)C1CC1)c1ncc(Br)s1. The maximum atomic E-state index is 4.44. The quantitative estimate of drug-likeness (QED) is 0.896. The molecule has 0 bridgehead atoms. The minimum absolute atomic E-state index is 0.405. The molecule has 1 N–H and O–H groups in total. The predicted octanol–water partition coefficient (Wildman–Crippen LogP) is 3.74. The normalized spacial score (nSPS) is 22.7. The van der Waals surface area contributed by atoms with Gasteiger partial charge in [0.15, 0.2) is 0 Å². The highest BCUT2D eigenvalue weighted by molar-refractivity contribution is 9.11. The van der Waals surface area contributed by atoms with E-state index in [1.807, 2.05) is 6.20 Å². The molecule has 0 aromatic carbocycles. The Bertz CT molecular complexity index is 359. The van der Waals surface area contributed by atoms with Crippen LogP contribution >= 0.6 is 27.3 Å². The van der Waals surface area contributed by atoms with E-state index in [0.29, 0.717) is 6.04 Å². The second-order valence-electron chi connectivity index (χ2n) is 5.09. The summed E-state index contributed by atoms with van der Waals surface area (Å²) in [5, 5.41) is 5.00. The number of hydrogen-bond donors (Lipinski definition) is 1. The molecule has 1 atom stereocenters. The van der Waals surface area contributed by atoms with Gasteiger partial charge in [0, 0.05) is 6.04 Å². The third kappa shape index (κ3) is 2.49. The molecular weight excluding hydrogens is 284 g/mol. The second kappa shape index (κ2) is 4.39. The van der Waals surface area contributed by atoms with E-state index in [4.69, 9.17) is 0 Å². The van der Waals surface area contributed by atoms with Gasteiger partial charge in [0.1, 0.15) is 5.01 Å². The van der Waals surface area contributed by atoms with Gasteiger partial charge in [-0.25, -0.2) is 4.98 Å². The molecule has 0 saturated heterocycles. The van der Waals surface area contributed by atoms with Gasteiger partial charge in [-0.15, -0.1) is 11.3 Å². The first-order valence-electron chi connectivity index (χ1n) is 6.11. The van der Waals surface area contributed by atoms with Gasteiger partial charge in [-0.3, -0.25) is 0 Å². The van der Waals surface area contributed by atoms with Crippen LogP contribution in [0.5, 0.6) is 0 Å². The van der Waals surface area contributed by atoms with Crippen LogP contribution in [0.3, 0.4) is 0 Å². The predicted molar refractivity (Wildman–Crippen MR) is 70.6 cm³/mol. The number of nitrogens with one attached hydrogen (secondary N) is 1. The van der Waals surface area contributed by atoms with Crippen molar-refractivity contribution in [2.45, 2.75) is 44.7 Å². The first-order chi connectivity index (χ1) is 7.74. The van der Waals surface area contributed by atoms with Crippen LogP contribution in [0, 0.1) is 11.8 Å². The fraction of sp³-hybridized carbons (Fsp3) is 0.750. The van der Waals surface area contributed by atoms with Crippen LogP contribution < -0.4 is 5.32 Å². The van der Waals surface area contributed by atoms with Gasteiger partial charge in [-0.05, 0) is 60.4 Å². The largest absolute Gasteiger partial charge is 0.305 e. The van der Waals surface area contributed by atoms with Gasteiger partial charge in [-0.2, -0.15) is 0 Å². The summed E-state index contributed by atoms with van der Waals surface area (Å²) >= 11 is 5.22. The zero-order valence-electron chi connectivity index (χ0n) is 9.45. The van der Waals surface area contributed by atoms with Crippen LogP contribution in [0.2, 0.25) is 0 Å². The van der Waals surface area contributed by atoms with E-state index in [0.717, 1.165) is 21.7 Å². The maximum absolute atomic E-state index is 4.44. The van der Waals surface area contributed by atoms with Crippen molar-refractivity contribution >= 4 is 27.3 Å². The molecule has 2 aliphatic rings. The van der Waals surface area contributed by atoms with E-state index in [1.165, 1.54) is 30.7 Å². The molecule has 0 spiro atoms. The van der Waals surface area contributed by atoms with Crippen molar-refractivity contribution in [1.29, 1.82) is 0 Å². The molecular formula is C12H17BrN2S. The van der Waals surface area contributed by atoms with E-state index in [9.17, 15) is 0 Å². The third-order valence-corrected chi connectivity index (χ3v) is 5.23. The average Bonchev–Trinajstić information content (AvgIpc) is 3.14. The Kier molecular flexibility index (Phi) is 3.07. The highest BCUT2D eigenvalue weighted by Gasteiger charge is 2.41. The highest BCUT2D eigenvalue weighted by Crippen LogP contribution is 2.45. The van der Waals surface area contributed by atoms with Crippen LogP contribution in [0.15, 0.2) is 9.98 Å². The van der Waals surface area contributed by atoms with Crippen LogP contribution in [-0.4, -0.2) is 11.0 Å². The molecule has 0 radical (unpaired) electrons. The van der Waals surface area contributed by atoms with Crippen molar-refractivity contribution in [2.75, 3.05) is 0 Å². The summed E-state index contributed by atoms with van der Waals surface area (Å²) in [7, 11) is 0. The minimum atomic E-state index is 0.405. The van der Waals surface area contributed by atoms with Gasteiger partial charge >= 0.3 is 0 Å². The van der Waals surface area contributed by atoms with Gasteiger partial charge in [0.25, 0.3) is 0 Å². The van der Waals surface area contributed by atoms with Crippen LogP contribution in [-0.2, 0) is 0 Å². The number of thiazole rings is 1. The average molecular weight is 301 g/mol. The van der Waals surface area contributed by atoms with Gasteiger partial charge in [0.05, 0.1) is 16.0 Å². The van der Waals surface area contributed by atoms with Crippen molar-refractivity contribution in [1.82, 2.24) is 10.3 Å². The van der Waals surface area contributed by atoms with Crippen molar-refractivity contribution in [3.05, 3.63) is 15.0 Å². The van der Waals surface area contributed by atoms with Crippen LogP contribution in [0.25, 0.3) is 0 Å². The minimum Gasteiger partial charge on any atom is -0.305 e. The molecule has 0 aliphatic heterocycles. The molecule has 16 heavy (non-hydrogen) atoms. The molecule has 2 nitrogen and oxygen atoms in total. The summed E-state index contributed by atoms with van der Waals surface area (Å²) in [6.07, 6.45) is 7.64. The molecule has 1 aromatic heterocycles. The molecule has 0 amide bonds. The molecule has 3 rings (SSSR count). The Morgan fingerprint density at radius 1 is 1.38 bits per heavy atom. The Hall–Kier alpha value is 0.0700. The van der Waals surface area contributed by atoms with E-state index in [-0.39, 0.29) is 0 Å². The number of nitrogens with zero attached hydrogens (tertiary/aromatic N) is 1. The summed E-state index contributed by atoms with van der Waals surface area (Å²) in [5.74, 6) is 1.91. The first-order valence-corrected chi connectivity index (χ1v) is 7.72. The first kappa shape index (κ1) is 11.2. The Morgan fingerprint density at radius 3 is 2.44 bits per heavy atom. The monoisotopic (exact) mass is 300 g/mol. The second-order valence-corrected chi connectivity index (χ2v) is 7.53. The summed E-state index contributed by atoms with van der Waals surface area (Å²) in [6, 6.07) is 1.17. The van der Waals surface area contributed by atoms with Crippen molar-refractivity contribution in [3.8, 4) is 0 Å². The maximum Gasteiger partial charge on any atom is 0.110 e. The number of hydrogen-bond acceptors (Lipinski definition) is 3. The van der Waals surface area contributed by atoms with Crippen LogP contribution in [0.1, 0.15) is 43.7 Å². The lowest BCUT2D eigenvalue weighted by Gasteiger charge is -2.21. The zero-order valence-corrected chi connectivity index (χ0v) is 11.9. The summed E-state index contributed by atoms with van der Waals surface area (Å²) in [5.41, 5.74) is 0. The smallest absolute Gasteiger partial charge is 0.110 e. The number of aromatic nitrogens is 1. The number of halogens is 1. The summed E-state index contributed by atoms with van der Waals surface area (Å²) < 4.78 is 1.13. The molecule has 2 aliphatic carbocycles. The van der Waals surface area contributed by atoms with Crippen molar-refractivity contribution in [2.24, 2.45) is 11.8 Å². The van der Waals surface area contributed by atoms with E-state index >= 15 is 0 Å². The fourth-order valence-corrected chi connectivity index (χ4v) is 3.65. The summed E-state index contributed by atoms with van der Waals surface area (Å²) in [6.45, 7) is 2.24.